The predicted octanol–water partition coefficient (Wildman–Crippen LogP) is 2.77. The van der Waals surface area contributed by atoms with E-state index in [2.05, 4.69) is 5.32 Å². The Morgan fingerprint density at radius 3 is 2.43 bits per heavy atom. The summed E-state index contributed by atoms with van der Waals surface area (Å²) < 4.78 is 0. The van der Waals surface area contributed by atoms with E-state index < -0.39 is 0 Å². The fourth-order valence-corrected chi connectivity index (χ4v) is 3.45. The molecule has 5 nitrogen and oxygen atoms in total. The van der Waals surface area contributed by atoms with Crippen molar-refractivity contribution in [1.29, 1.82) is 0 Å². The summed E-state index contributed by atoms with van der Waals surface area (Å²) in [4.78, 5) is 28.1. The number of nitrogens with one attached hydrogen (secondary N) is 1. The maximum absolute atomic E-state index is 12.5. The summed E-state index contributed by atoms with van der Waals surface area (Å²) >= 11 is 0. The molecule has 2 aliphatic rings. The number of carbonyl (C=O) groups excluding carboxylic acids is 2. The molecule has 1 heterocycles. The Kier molecular flexibility index (Phi) is 5.16. The van der Waals surface area contributed by atoms with Crippen molar-refractivity contribution >= 4 is 17.6 Å². The van der Waals surface area contributed by atoms with Crippen LogP contribution < -0.4 is 10.2 Å². The molecule has 0 bridgehead atoms. The van der Waals surface area contributed by atoms with Crippen molar-refractivity contribution in [2.24, 2.45) is 0 Å². The molecule has 1 aromatic carbocycles. The number of nitrogens with zero attached hydrogens (tertiary/aromatic N) is 2. The van der Waals surface area contributed by atoms with Crippen LogP contribution in [-0.2, 0) is 4.79 Å². The van der Waals surface area contributed by atoms with Gasteiger partial charge in [-0.1, -0.05) is 43.9 Å². The second-order valence-corrected chi connectivity index (χ2v) is 6.45. The average Bonchev–Trinajstić information content (AvgIpc) is 2.76. The van der Waals surface area contributed by atoms with Crippen molar-refractivity contribution in [1.82, 2.24) is 10.2 Å². The van der Waals surface area contributed by atoms with E-state index in [1.807, 2.05) is 30.3 Å². The van der Waals surface area contributed by atoms with Crippen molar-refractivity contribution in [2.45, 2.75) is 44.6 Å². The highest BCUT2D eigenvalue weighted by Crippen LogP contribution is 2.20. The first-order valence-electron chi connectivity index (χ1n) is 8.65. The van der Waals surface area contributed by atoms with Gasteiger partial charge in [-0.2, -0.15) is 0 Å². The molecule has 1 aromatic rings. The molecule has 0 radical (unpaired) electrons. The highest BCUT2D eigenvalue weighted by molar-refractivity contribution is 5.96. The van der Waals surface area contributed by atoms with Crippen LogP contribution in [0.5, 0.6) is 0 Å². The fourth-order valence-electron chi connectivity index (χ4n) is 3.45. The van der Waals surface area contributed by atoms with Crippen LogP contribution in [0.1, 0.15) is 38.5 Å². The Bertz CT molecular complexity index is 538. The van der Waals surface area contributed by atoms with Gasteiger partial charge in [-0.25, -0.2) is 4.79 Å². The number of rotatable bonds is 4. The summed E-state index contributed by atoms with van der Waals surface area (Å²) in [6, 6.07) is 9.83. The minimum absolute atomic E-state index is 0.0276. The largest absolute Gasteiger partial charge is 0.352 e. The summed E-state index contributed by atoms with van der Waals surface area (Å²) in [6.07, 6.45) is 7.04. The molecule has 1 saturated heterocycles. The van der Waals surface area contributed by atoms with Crippen LogP contribution in [0.25, 0.3) is 0 Å². The van der Waals surface area contributed by atoms with Gasteiger partial charge in [0.2, 0.25) is 5.91 Å². The third kappa shape index (κ3) is 4.03. The van der Waals surface area contributed by atoms with Gasteiger partial charge in [0.1, 0.15) is 6.54 Å². The van der Waals surface area contributed by atoms with Gasteiger partial charge >= 0.3 is 6.03 Å². The lowest BCUT2D eigenvalue weighted by Gasteiger charge is -2.21. The number of hydrogen-bond donors (Lipinski definition) is 1. The number of carbonyl (C=O) groups is 2. The number of para-hydroxylation sites is 1. The Hall–Kier alpha value is -2.04. The molecule has 3 rings (SSSR count). The lowest BCUT2D eigenvalue weighted by Crippen LogP contribution is -2.43. The SMILES string of the molecule is O=C(CN1CCN(c2ccccc2)C1=O)NC1CCCCCC1. The molecule has 1 saturated carbocycles. The van der Waals surface area contributed by atoms with Crippen molar-refractivity contribution < 1.29 is 9.59 Å². The minimum Gasteiger partial charge on any atom is -0.352 e. The van der Waals surface area contributed by atoms with E-state index in [4.69, 9.17) is 0 Å². The molecule has 2 fully saturated rings. The van der Waals surface area contributed by atoms with E-state index in [-0.39, 0.29) is 24.5 Å². The van der Waals surface area contributed by atoms with Gasteiger partial charge in [-0.3, -0.25) is 9.69 Å². The smallest absolute Gasteiger partial charge is 0.325 e. The first kappa shape index (κ1) is 15.8. The maximum atomic E-state index is 12.5. The van der Waals surface area contributed by atoms with Crippen LogP contribution in [0, 0.1) is 0 Å². The normalized spacial score (nSPS) is 19.7. The zero-order chi connectivity index (χ0) is 16.1. The highest BCUT2D eigenvalue weighted by atomic mass is 16.2. The van der Waals surface area contributed by atoms with Crippen LogP contribution in [0.15, 0.2) is 30.3 Å². The number of amides is 3. The van der Waals surface area contributed by atoms with Crippen LogP contribution in [0.2, 0.25) is 0 Å². The Morgan fingerprint density at radius 1 is 1.04 bits per heavy atom. The van der Waals surface area contributed by atoms with E-state index in [1.165, 1.54) is 25.7 Å². The van der Waals surface area contributed by atoms with Crippen molar-refractivity contribution in [3.63, 3.8) is 0 Å². The molecule has 0 aromatic heterocycles. The molecular formula is C18H25N3O2. The number of hydrogen-bond acceptors (Lipinski definition) is 2. The topological polar surface area (TPSA) is 52.7 Å². The summed E-state index contributed by atoms with van der Waals surface area (Å²) in [5.74, 6) is -0.0276. The van der Waals surface area contributed by atoms with E-state index in [0.717, 1.165) is 18.5 Å². The maximum Gasteiger partial charge on any atom is 0.325 e. The lowest BCUT2D eigenvalue weighted by molar-refractivity contribution is -0.122. The molecule has 1 aliphatic heterocycles. The molecule has 5 heteroatoms. The molecule has 0 unspecified atom stereocenters. The molecule has 0 atom stereocenters. The van der Waals surface area contributed by atoms with E-state index >= 15 is 0 Å². The van der Waals surface area contributed by atoms with E-state index in [0.29, 0.717) is 13.1 Å². The van der Waals surface area contributed by atoms with Crippen LogP contribution in [-0.4, -0.2) is 42.5 Å². The first-order chi connectivity index (χ1) is 11.2. The second kappa shape index (κ2) is 7.49. The Balaban J connectivity index is 1.52. The Labute approximate surface area is 137 Å². The van der Waals surface area contributed by atoms with Gasteiger partial charge in [-0.15, -0.1) is 0 Å². The molecule has 1 aliphatic carbocycles. The third-order valence-electron chi connectivity index (χ3n) is 4.72. The lowest BCUT2D eigenvalue weighted by atomic mass is 10.1. The second-order valence-electron chi connectivity index (χ2n) is 6.45. The van der Waals surface area contributed by atoms with Gasteiger partial charge in [0, 0.05) is 24.8 Å². The number of anilines is 1. The van der Waals surface area contributed by atoms with Crippen molar-refractivity contribution in [2.75, 3.05) is 24.5 Å². The Morgan fingerprint density at radius 2 is 1.74 bits per heavy atom. The molecule has 23 heavy (non-hydrogen) atoms. The van der Waals surface area contributed by atoms with E-state index in [9.17, 15) is 9.59 Å². The predicted molar refractivity (Wildman–Crippen MR) is 90.4 cm³/mol. The van der Waals surface area contributed by atoms with Crippen LogP contribution >= 0.6 is 0 Å². The summed E-state index contributed by atoms with van der Waals surface area (Å²) in [6.45, 7) is 1.41. The zero-order valence-corrected chi connectivity index (χ0v) is 13.5. The zero-order valence-electron chi connectivity index (χ0n) is 13.5. The van der Waals surface area contributed by atoms with Gasteiger partial charge in [0.05, 0.1) is 0 Å². The minimum atomic E-state index is -0.0767. The molecule has 3 amide bonds. The molecular weight excluding hydrogens is 290 g/mol. The standard InChI is InChI=1S/C18H25N3O2/c22-17(19-15-8-4-1-2-5-9-15)14-20-12-13-21(18(20)23)16-10-6-3-7-11-16/h3,6-7,10-11,15H,1-2,4-5,8-9,12-14H2,(H,19,22). The van der Waals surface area contributed by atoms with Crippen LogP contribution in [0.4, 0.5) is 10.5 Å². The summed E-state index contributed by atoms with van der Waals surface area (Å²) in [5.41, 5.74) is 0.893. The highest BCUT2D eigenvalue weighted by Gasteiger charge is 2.31. The quantitative estimate of drug-likeness (QED) is 0.869. The summed E-state index contributed by atoms with van der Waals surface area (Å²) in [7, 11) is 0. The van der Waals surface area contributed by atoms with Crippen LogP contribution in [0.3, 0.4) is 0 Å². The summed E-state index contributed by atoms with van der Waals surface area (Å²) in [5, 5.41) is 3.11. The third-order valence-corrected chi connectivity index (χ3v) is 4.72. The van der Waals surface area contributed by atoms with Crippen molar-refractivity contribution in [3.05, 3.63) is 30.3 Å². The monoisotopic (exact) mass is 315 g/mol. The van der Waals surface area contributed by atoms with Gasteiger partial charge in [0.25, 0.3) is 0 Å². The average molecular weight is 315 g/mol. The first-order valence-corrected chi connectivity index (χ1v) is 8.65. The number of benzene rings is 1. The molecule has 124 valence electrons. The molecule has 0 spiro atoms. The van der Waals surface area contributed by atoms with Gasteiger partial charge < -0.3 is 10.2 Å². The fraction of sp³-hybridized carbons (Fsp3) is 0.556. The van der Waals surface area contributed by atoms with Crippen molar-refractivity contribution in [3.8, 4) is 0 Å². The van der Waals surface area contributed by atoms with E-state index in [1.54, 1.807) is 9.80 Å². The molecule has 1 N–H and O–H groups in total. The number of urea groups is 1. The van der Waals surface area contributed by atoms with Gasteiger partial charge in [-0.05, 0) is 25.0 Å². The van der Waals surface area contributed by atoms with Gasteiger partial charge in [0.15, 0.2) is 0 Å².